The van der Waals surface area contributed by atoms with Crippen molar-refractivity contribution in [2.45, 2.75) is 32.9 Å². The van der Waals surface area contributed by atoms with Crippen LogP contribution in [0.4, 0.5) is 4.39 Å². The minimum atomic E-state index is -0.329. The zero-order chi connectivity index (χ0) is 13.2. The summed E-state index contributed by atoms with van der Waals surface area (Å²) >= 11 is 1.57. The molecule has 0 aliphatic heterocycles. The van der Waals surface area contributed by atoms with Crippen molar-refractivity contribution in [3.8, 4) is 10.7 Å². The van der Waals surface area contributed by atoms with Crippen LogP contribution in [-0.4, -0.2) is 15.5 Å². The van der Waals surface area contributed by atoms with Crippen LogP contribution in [-0.2, 0) is 6.54 Å². The molecule has 0 saturated carbocycles. The van der Waals surface area contributed by atoms with Gasteiger partial charge in [0.15, 0.2) is 0 Å². The van der Waals surface area contributed by atoms with Crippen LogP contribution in [0, 0.1) is 5.82 Å². The molecule has 96 valence electrons. The normalized spacial score (nSPS) is 11.8. The van der Waals surface area contributed by atoms with Gasteiger partial charge in [-0.2, -0.15) is 0 Å². The van der Waals surface area contributed by atoms with Gasteiger partial charge in [0.1, 0.15) is 10.8 Å². The van der Waals surface area contributed by atoms with E-state index in [4.69, 9.17) is 0 Å². The molecule has 0 aromatic carbocycles. The monoisotopic (exact) mass is 265 g/mol. The molecule has 0 aliphatic carbocycles. The lowest BCUT2D eigenvalue weighted by atomic mass is 10.1. The maximum absolute atomic E-state index is 12.8. The fourth-order valence-corrected chi connectivity index (χ4v) is 2.19. The van der Waals surface area contributed by atoms with Crippen LogP contribution >= 0.6 is 11.3 Å². The molecule has 2 rings (SSSR count). The third-order valence-electron chi connectivity index (χ3n) is 2.29. The van der Waals surface area contributed by atoms with Gasteiger partial charge >= 0.3 is 0 Å². The van der Waals surface area contributed by atoms with Crippen molar-refractivity contribution in [3.05, 3.63) is 35.2 Å². The predicted molar refractivity (Wildman–Crippen MR) is 71.9 cm³/mol. The van der Waals surface area contributed by atoms with E-state index in [1.807, 2.05) is 6.20 Å². The average Bonchev–Trinajstić information content (AvgIpc) is 2.75. The fourth-order valence-electron chi connectivity index (χ4n) is 1.36. The molecule has 18 heavy (non-hydrogen) atoms. The summed E-state index contributed by atoms with van der Waals surface area (Å²) in [4.78, 5) is 9.48. The number of pyridine rings is 1. The van der Waals surface area contributed by atoms with Gasteiger partial charge in [0.05, 0.1) is 11.9 Å². The number of nitrogens with zero attached hydrogens (tertiary/aromatic N) is 2. The third-order valence-corrected chi connectivity index (χ3v) is 3.31. The van der Waals surface area contributed by atoms with Gasteiger partial charge in [0, 0.05) is 23.2 Å². The highest BCUT2D eigenvalue weighted by molar-refractivity contribution is 7.14. The summed E-state index contributed by atoms with van der Waals surface area (Å²) in [5.74, 6) is -0.329. The summed E-state index contributed by atoms with van der Waals surface area (Å²) in [5, 5.41) is 4.22. The van der Waals surface area contributed by atoms with Crippen LogP contribution in [0.25, 0.3) is 10.7 Å². The second kappa shape index (κ2) is 5.12. The van der Waals surface area contributed by atoms with E-state index >= 15 is 0 Å². The molecule has 0 fully saturated rings. The number of hydrogen-bond donors (Lipinski definition) is 1. The lowest BCUT2D eigenvalue weighted by Crippen LogP contribution is -2.34. The number of hydrogen-bond acceptors (Lipinski definition) is 4. The Balaban J connectivity index is 2.08. The number of halogens is 1. The summed E-state index contributed by atoms with van der Waals surface area (Å²) in [7, 11) is 0. The Labute approximate surface area is 110 Å². The fraction of sp³-hybridized carbons (Fsp3) is 0.385. The summed E-state index contributed by atoms with van der Waals surface area (Å²) in [6.45, 7) is 7.14. The second-order valence-electron chi connectivity index (χ2n) is 5.10. The molecule has 2 aromatic rings. The lowest BCUT2D eigenvalue weighted by molar-refractivity contribution is 0.426. The third kappa shape index (κ3) is 3.58. The van der Waals surface area contributed by atoms with Crippen LogP contribution in [0.2, 0.25) is 0 Å². The predicted octanol–water partition coefficient (Wildman–Crippen LogP) is 3.23. The number of rotatable bonds is 3. The molecular formula is C13H16FN3S. The Hall–Kier alpha value is -1.33. The first-order chi connectivity index (χ1) is 8.44. The zero-order valence-electron chi connectivity index (χ0n) is 10.7. The smallest absolute Gasteiger partial charge is 0.142 e. The van der Waals surface area contributed by atoms with Crippen LogP contribution in [0.15, 0.2) is 24.5 Å². The molecule has 0 unspecified atom stereocenters. The van der Waals surface area contributed by atoms with Gasteiger partial charge in [0.25, 0.3) is 0 Å². The average molecular weight is 265 g/mol. The van der Waals surface area contributed by atoms with Crippen molar-refractivity contribution in [3.63, 3.8) is 0 Å². The Kier molecular flexibility index (Phi) is 3.73. The van der Waals surface area contributed by atoms with Crippen LogP contribution < -0.4 is 5.32 Å². The lowest BCUT2D eigenvalue weighted by Gasteiger charge is -2.19. The van der Waals surface area contributed by atoms with Gasteiger partial charge in [-0.15, -0.1) is 11.3 Å². The van der Waals surface area contributed by atoms with Crippen molar-refractivity contribution >= 4 is 11.3 Å². The first kappa shape index (κ1) is 13.1. The Morgan fingerprint density at radius 2 is 2.00 bits per heavy atom. The van der Waals surface area contributed by atoms with Crippen LogP contribution in [0.5, 0.6) is 0 Å². The van der Waals surface area contributed by atoms with Crippen molar-refractivity contribution in [1.82, 2.24) is 15.3 Å². The summed E-state index contributed by atoms with van der Waals surface area (Å²) < 4.78 is 12.8. The van der Waals surface area contributed by atoms with Crippen molar-refractivity contribution in [2.75, 3.05) is 0 Å². The number of nitrogens with one attached hydrogen (secondary N) is 1. The summed E-state index contributed by atoms with van der Waals surface area (Å²) in [5.41, 5.74) is 0.793. The molecule has 2 aromatic heterocycles. The molecular weight excluding hydrogens is 249 g/mol. The van der Waals surface area contributed by atoms with Crippen molar-refractivity contribution in [1.29, 1.82) is 0 Å². The molecule has 0 bridgehead atoms. The topological polar surface area (TPSA) is 37.8 Å². The Bertz CT molecular complexity index is 514. The standard InChI is InChI=1S/C13H16FN3S/c1-13(2,3)17-8-10-7-16-12(18-10)11-5-4-9(14)6-15-11/h4-7,17H,8H2,1-3H3. The second-order valence-corrected chi connectivity index (χ2v) is 6.21. The molecule has 2 heterocycles. The van der Waals surface area contributed by atoms with E-state index in [0.29, 0.717) is 5.69 Å². The highest BCUT2D eigenvalue weighted by atomic mass is 32.1. The van der Waals surface area contributed by atoms with E-state index in [9.17, 15) is 4.39 Å². The molecule has 0 amide bonds. The summed E-state index contributed by atoms with van der Waals surface area (Å²) in [6, 6.07) is 3.05. The molecule has 0 aliphatic rings. The molecule has 0 atom stereocenters. The Morgan fingerprint density at radius 3 is 2.61 bits per heavy atom. The van der Waals surface area contributed by atoms with E-state index in [2.05, 4.69) is 36.1 Å². The first-order valence-corrected chi connectivity index (χ1v) is 6.57. The minimum Gasteiger partial charge on any atom is -0.307 e. The van der Waals surface area contributed by atoms with E-state index in [1.165, 1.54) is 12.3 Å². The van der Waals surface area contributed by atoms with E-state index in [0.717, 1.165) is 16.4 Å². The minimum absolute atomic E-state index is 0.0816. The van der Waals surface area contributed by atoms with Crippen molar-refractivity contribution in [2.24, 2.45) is 0 Å². The van der Waals surface area contributed by atoms with Gasteiger partial charge in [-0.25, -0.2) is 9.37 Å². The van der Waals surface area contributed by atoms with Crippen LogP contribution in [0.1, 0.15) is 25.6 Å². The molecule has 1 N–H and O–H groups in total. The van der Waals surface area contributed by atoms with Gasteiger partial charge < -0.3 is 5.32 Å². The largest absolute Gasteiger partial charge is 0.307 e. The van der Waals surface area contributed by atoms with Gasteiger partial charge in [-0.1, -0.05) is 0 Å². The molecule has 0 radical (unpaired) electrons. The van der Waals surface area contributed by atoms with Crippen molar-refractivity contribution < 1.29 is 4.39 Å². The van der Waals surface area contributed by atoms with Gasteiger partial charge in [-0.05, 0) is 32.9 Å². The van der Waals surface area contributed by atoms with E-state index < -0.39 is 0 Å². The van der Waals surface area contributed by atoms with Crippen LogP contribution in [0.3, 0.4) is 0 Å². The SMILES string of the molecule is CC(C)(C)NCc1cnc(-c2ccc(F)cn2)s1. The molecule has 3 nitrogen and oxygen atoms in total. The van der Waals surface area contributed by atoms with Gasteiger partial charge in [-0.3, -0.25) is 4.98 Å². The molecule has 5 heteroatoms. The van der Waals surface area contributed by atoms with E-state index in [1.54, 1.807) is 17.4 Å². The first-order valence-electron chi connectivity index (χ1n) is 5.76. The molecule has 0 spiro atoms. The highest BCUT2D eigenvalue weighted by Crippen LogP contribution is 2.23. The number of aromatic nitrogens is 2. The van der Waals surface area contributed by atoms with E-state index in [-0.39, 0.29) is 11.4 Å². The quantitative estimate of drug-likeness (QED) is 0.926. The number of thiazole rings is 1. The van der Waals surface area contributed by atoms with Gasteiger partial charge in [0.2, 0.25) is 0 Å². The zero-order valence-corrected chi connectivity index (χ0v) is 11.5. The summed E-state index contributed by atoms with van der Waals surface area (Å²) in [6.07, 6.45) is 3.05. The maximum atomic E-state index is 12.8. The highest BCUT2D eigenvalue weighted by Gasteiger charge is 2.11. The molecule has 0 saturated heterocycles. The maximum Gasteiger partial charge on any atom is 0.142 e. The Morgan fingerprint density at radius 1 is 1.22 bits per heavy atom.